The van der Waals surface area contributed by atoms with E-state index in [1.54, 1.807) is 0 Å². The van der Waals surface area contributed by atoms with E-state index < -0.39 is 14.1 Å². The molecule has 2 N–H and O–H groups in total. The van der Waals surface area contributed by atoms with Crippen molar-refractivity contribution >= 4 is 17.6 Å². The number of hydrogen-bond acceptors (Lipinski definition) is 0. The number of aromatic amines is 2. The van der Waals surface area contributed by atoms with E-state index in [1.165, 1.54) is 30.3 Å². The summed E-state index contributed by atoms with van der Waals surface area (Å²) in [6, 6.07) is 13.6. The van der Waals surface area contributed by atoms with Gasteiger partial charge in [-0.2, -0.15) is 0 Å². The van der Waals surface area contributed by atoms with Crippen molar-refractivity contribution in [2.45, 2.75) is 79.1 Å². The van der Waals surface area contributed by atoms with Crippen molar-refractivity contribution in [1.82, 2.24) is 9.97 Å². The first-order valence-corrected chi connectivity index (χ1v) is 15.6. The van der Waals surface area contributed by atoms with Crippen molar-refractivity contribution in [3.05, 3.63) is 74.9 Å². The van der Waals surface area contributed by atoms with Crippen molar-refractivity contribution < 1.29 is 14.1 Å². The van der Waals surface area contributed by atoms with Crippen LogP contribution in [0.25, 0.3) is 0 Å². The number of nitrogens with one attached hydrogen (secondary N) is 2. The number of benzene rings is 2. The summed E-state index contributed by atoms with van der Waals surface area (Å²) in [5.41, 5.74) is 5.48. The number of aromatic nitrogens is 2. The molecule has 2 aromatic carbocycles. The Balaban J connectivity index is 2.67. The molecule has 0 spiro atoms. The average molecular weight is 532 g/mol. The van der Waals surface area contributed by atoms with E-state index in [9.17, 15) is 0 Å². The number of hydrogen-bond donors (Lipinski definition) is 2. The van der Waals surface area contributed by atoms with Gasteiger partial charge in [-0.3, -0.25) is 0 Å². The summed E-state index contributed by atoms with van der Waals surface area (Å²) >= 11 is -3.06. The number of H-pyrrole nitrogens is 2. The van der Waals surface area contributed by atoms with Crippen LogP contribution in [0.5, 0.6) is 0 Å². The third-order valence-electron chi connectivity index (χ3n) is 5.67. The molecule has 3 aromatic rings. The zero-order valence-electron chi connectivity index (χ0n) is 20.1. The van der Waals surface area contributed by atoms with Crippen LogP contribution >= 0.6 is 9.53 Å². The topological polar surface area (TPSA) is 31.6 Å². The third kappa shape index (κ3) is 4.43. The third-order valence-corrected chi connectivity index (χ3v) is 13.3. The van der Waals surface area contributed by atoms with Gasteiger partial charge in [-0.15, -0.1) is 0 Å². The normalized spacial score (nSPS) is 13.1. The Morgan fingerprint density at radius 3 is 1.13 bits per heavy atom. The van der Waals surface area contributed by atoms with E-state index in [-0.39, 0.29) is 0 Å². The molecular weight excluding hydrogens is 494 g/mol. The standard InChI is InChI=1S/2C12H17.C3H4N2.ClH.Pd/c2*1-9(2)11-6-5-7-12(8-11)10(3)4;1-2-5-3-4-1;;/h2*5-7,9-10H,1-4H3;1-2,4-5H;1H;/q;;;;+1/p-1. The molecule has 173 valence electrons. The first-order chi connectivity index (χ1) is 14.6. The summed E-state index contributed by atoms with van der Waals surface area (Å²) < 4.78 is 3.80. The summed E-state index contributed by atoms with van der Waals surface area (Å²) in [6.45, 7) is 18.3. The first kappa shape index (κ1) is 24.2. The van der Waals surface area contributed by atoms with Crippen LogP contribution in [-0.4, -0.2) is 9.97 Å². The minimum atomic E-state index is -3.06. The summed E-state index contributed by atoms with van der Waals surface area (Å²) in [5.74, 6) is 1.58. The fourth-order valence-electron chi connectivity index (χ4n) is 3.96. The Labute approximate surface area is 195 Å². The zero-order valence-corrected chi connectivity index (χ0v) is 22.4. The van der Waals surface area contributed by atoms with Gasteiger partial charge in [0.05, 0.1) is 0 Å². The van der Waals surface area contributed by atoms with E-state index in [0.717, 1.165) is 3.89 Å². The Bertz CT molecular complexity index is 995. The molecule has 0 aliphatic rings. The van der Waals surface area contributed by atoms with E-state index in [0.29, 0.717) is 23.7 Å². The molecule has 4 heteroatoms. The van der Waals surface area contributed by atoms with Crippen LogP contribution < -0.4 is 8.07 Å². The molecule has 31 heavy (non-hydrogen) atoms. The van der Waals surface area contributed by atoms with Gasteiger partial charge in [0.2, 0.25) is 0 Å². The predicted octanol–water partition coefficient (Wildman–Crippen LogP) is 7.33. The Morgan fingerprint density at radius 2 is 0.871 bits per heavy atom. The second-order valence-electron chi connectivity index (χ2n) is 9.38. The summed E-state index contributed by atoms with van der Waals surface area (Å²) in [5, 5.41) is 0. The zero-order chi connectivity index (χ0) is 22.9. The van der Waals surface area contributed by atoms with Gasteiger partial charge in [0.25, 0.3) is 0 Å². The van der Waals surface area contributed by atoms with Crippen LogP contribution in [0.15, 0.2) is 48.8 Å². The second kappa shape index (κ2) is 9.62. The summed E-state index contributed by atoms with van der Waals surface area (Å²) in [6.07, 6.45) is 3.95. The monoisotopic (exact) mass is 531 g/mol. The van der Waals surface area contributed by atoms with Crippen LogP contribution in [-0.2, 0) is 14.1 Å². The van der Waals surface area contributed by atoms with Gasteiger partial charge in [0, 0.05) is 0 Å². The van der Waals surface area contributed by atoms with Crippen LogP contribution in [0.3, 0.4) is 0 Å². The molecule has 3 rings (SSSR count). The number of halogens is 1. The quantitative estimate of drug-likeness (QED) is 0.312. The van der Waals surface area contributed by atoms with Crippen LogP contribution in [0, 0.1) is 3.89 Å². The molecule has 0 saturated heterocycles. The van der Waals surface area contributed by atoms with E-state index in [4.69, 9.17) is 9.53 Å². The molecule has 0 bridgehead atoms. The summed E-state index contributed by atoms with van der Waals surface area (Å²) in [4.78, 5) is 7.04. The predicted molar refractivity (Wildman–Crippen MR) is 133 cm³/mol. The number of imidazole rings is 1. The molecule has 0 aliphatic heterocycles. The fraction of sp³-hybridized carbons (Fsp3) is 0.444. The molecule has 0 amide bonds. The van der Waals surface area contributed by atoms with Crippen molar-refractivity contribution in [3.63, 3.8) is 0 Å². The average Bonchev–Trinajstić information content (AvgIpc) is 3.27. The van der Waals surface area contributed by atoms with Gasteiger partial charge in [0.1, 0.15) is 0 Å². The molecule has 0 fully saturated rings. The molecule has 0 radical (unpaired) electrons. The van der Waals surface area contributed by atoms with Crippen molar-refractivity contribution in [2.24, 2.45) is 0 Å². The second-order valence-corrected chi connectivity index (χ2v) is 15.9. The molecule has 0 atom stereocenters. The van der Waals surface area contributed by atoms with Crippen molar-refractivity contribution in [2.75, 3.05) is 0 Å². The Hall–Kier alpha value is -1.40. The van der Waals surface area contributed by atoms with Crippen molar-refractivity contribution in [1.29, 1.82) is 0 Å². The first-order valence-electron chi connectivity index (χ1n) is 11.3. The Morgan fingerprint density at radius 1 is 0.581 bits per heavy atom. The van der Waals surface area contributed by atoms with Gasteiger partial charge in [0.15, 0.2) is 0 Å². The van der Waals surface area contributed by atoms with Crippen LogP contribution in [0.1, 0.15) is 101 Å². The maximum absolute atomic E-state index is 8.14. The van der Waals surface area contributed by atoms with Crippen LogP contribution in [0.4, 0.5) is 0 Å². The minimum absolute atomic E-state index is 0.394. The molecule has 1 heterocycles. The molecule has 0 aliphatic carbocycles. The molecule has 1 aromatic heterocycles. The maximum atomic E-state index is 8.14. The van der Waals surface area contributed by atoms with Crippen LogP contribution in [0.2, 0.25) is 0 Å². The van der Waals surface area contributed by atoms with E-state index >= 15 is 0 Å². The van der Waals surface area contributed by atoms with E-state index in [2.05, 4.69) is 102 Å². The SMILES string of the molecule is CC(C)c1cccc(C(C)C)[c]1[Pd]([Cl])([c]1c(C(C)C)cccc1C(C)C)=[c]1[nH]cc[nH]1. The van der Waals surface area contributed by atoms with E-state index in [1.807, 2.05) is 12.4 Å². The molecule has 0 unspecified atom stereocenters. The molecule has 2 nitrogen and oxygen atoms in total. The molecular formula is C27H38ClN2Pd. The van der Waals surface area contributed by atoms with Gasteiger partial charge in [-0.1, -0.05) is 0 Å². The Kier molecular flexibility index (Phi) is 7.52. The molecule has 0 saturated carbocycles. The van der Waals surface area contributed by atoms with Gasteiger partial charge >= 0.3 is 196 Å². The fourth-order valence-corrected chi connectivity index (χ4v) is 12.8. The number of rotatable bonds is 6. The van der Waals surface area contributed by atoms with Gasteiger partial charge in [-0.25, -0.2) is 0 Å². The van der Waals surface area contributed by atoms with Gasteiger partial charge < -0.3 is 0 Å². The summed E-state index contributed by atoms with van der Waals surface area (Å²) in [7, 11) is 8.14. The van der Waals surface area contributed by atoms with Gasteiger partial charge in [-0.05, 0) is 0 Å². The van der Waals surface area contributed by atoms with Crippen molar-refractivity contribution in [3.8, 4) is 0 Å².